The number of esters is 1. The van der Waals surface area contributed by atoms with Gasteiger partial charge in [-0.05, 0) is 51.4 Å². The molecule has 0 aromatic carbocycles. The minimum Gasteiger partial charge on any atom is -0.466 e. The first kappa shape index (κ1) is 80.6. The van der Waals surface area contributed by atoms with Crippen molar-refractivity contribution in [3.8, 4) is 0 Å². The van der Waals surface area contributed by atoms with Gasteiger partial charge in [-0.25, -0.2) is 0 Å². The minimum atomic E-state index is -0.660. The second-order valence-electron chi connectivity index (χ2n) is 26.3. The standard InChI is InChI=1S/C76H149NO5/c1-3-5-7-9-11-13-15-17-19-20-34-38-42-46-50-54-58-62-66-70-76(81)82-71-67-63-59-55-51-47-43-39-36-33-31-29-27-25-23-21-22-24-26-28-30-32-35-37-41-45-49-53-57-61-65-69-75(80)77-73(72-78)74(79)68-64-60-56-52-48-44-40-18-16-14-12-10-8-6-4-2/h17,19,73-74,78-79H,3-16,18,20-72H2,1-2H3,(H,77,80)/b19-17-. The van der Waals surface area contributed by atoms with Crippen LogP contribution in [0.3, 0.4) is 0 Å². The zero-order valence-electron chi connectivity index (χ0n) is 56.0. The summed E-state index contributed by atoms with van der Waals surface area (Å²) in [6.07, 6.45) is 90.0. The van der Waals surface area contributed by atoms with E-state index in [1.807, 2.05) is 0 Å². The molecule has 82 heavy (non-hydrogen) atoms. The highest BCUT2D eigenvalue weighted by Gasteiger charge is 2.20. The van der Waals surface area contributed by atoms with E-state index in [4.69, 9.17) is 4.74 Å². The van der Waals surface area contributed by atoms with E-state index >= 15 is 0 Å². The van der Waals surface area contributed by atoms with E-state index < -0.39 is 12.1 Å². The summed E-state index contributed by atoms with van der Waals surface area (Å²) in [5, 5.41) is 23.4. The predicted molar refractivity (Wildman–Crippen MR) is 361 cm³/mol. The van der Waals surface area contributed by atoms with Gasteiger partial charge >= 0.3 is 5.97 Å². The molecule has 6 nitrogen and oxygen atoms in total. The highest BCUT2D eigenvalue weighted by atomic mass is 16.5. The lowest BCUT2D eigenvalue weighted by molar-refractivity contribution is -0.143. The van der Waals surface area contributed by atoms with Crippen LogP contribution in [0.1, 0.15) is 438 Å². The molecule has 0 aliphatic carbocycles. The molecule has 6 heteroatoms. The molecule has 0 radical (unpaired) electrons. The molecule has 0 aliphatic rings. The average Bonchev–Trinajstić information content (AvgIpc) is 3.48. The maximum absolute atomic E-state index is 12.5. The molecule has 0 aliphatic heterocycles. The Morgan fingerprint density at radius 1 is 0.329 bits per heavy atom. The number of hydrogen-bond acceptors (Lipinski definition) is 5. The second-order valence-corrected chi connectivity index (χ2v) is 26.3. The summed E-state index contributed by atoms with van der Waals surface area (Å²) in [7, 11) is 0. The van der Waals surface area contributed by atoms with E-state index in [9.17, 15) is 19.8 Å². The second kappa shape index (κ2) is 72.1. The average molecular weight is 1160 g/mol. The molecular weight excluding hydrogens is 1010 g/mol. The van der Waals surface area contributed by atoms with Crippen LogP contribution >= 0.6 is 0 Å². The Kier molecular flexibility index (Phi) is 70.8. The molecule has 3 N–H and O–H groups in total. The Balaban J connectivity index is 3.30. The van der Waals surface area contributed by atoms with Crippen molar-refractivity contribution >= 4 is 11.9 Å². The van der Waals surface area contributed by atoms with Crippen molar-refractivity contribution in [1.29, 1.82) is 0 Å². The van der Waals surface area contributed by atoms with Crippen LogP contribution in [0.2, 0.25) is 0 Å². The lowest BCUT2D eigenvalue weighted by Gasteiger charge is -2.22. The molecule has 0 fully saturated rings. The molecule has 2 unspecified atom stereocenters. The number of amides is 1. The monoisotopic (exact) mass is 1160 g/mol. The van der Waals surface area contributed by atoms with Crippen LogP contribution in [0.4, 0.5) is 0 Å². The molecule has 1 amide bonds. The van der Waals surface area contributed by atoms with Crippen molar-refractivity contribution in [2.24, 2.45) is 0 Å². The number of aliphatic hydroxyl groups excluding tert-OH is 2. The zero-order valence-corrected chi connectivity index (χ0v) is 56.0. The first-order valence-corrected chi connectivity index (χ1v) is 37.9. The van der Waals surface area contributed by atoms with Gasteiger partial charge in [0.2, 0.25) is 5.91 Å². The van der Waals surface area contributed by atoms with Crippen LogP contribution < -0.4 is 5.32 Å². The Hall–Kier alpha value is -1.40. The molecule has 0 saturated heterocycles. The van der Waals surface area contributed by atoms with E-state index in [2.05, 4.69) is 31.3 Å². The zero-order chi connectivity index (χ0) is 59.2. The maximum Gasteiger partial charge on any atom is 0.305 e. The minimum absolute atomic E-state index is 0.0214. The van der Waals surface area contributed by atoms with Gasteiger partial charge in [0.15, 0.2) is 0 Å². The van der Waals surface area contributed by atoms with E-state index in [0.717, 1.165) is 38.5 Å². The normalized spacial score (nSPS) is 12.5. The van der Waals surface area contributed by atoms with Crippen molar-refractivity contribution < 1.29 is 24.5 Å². The molecule has 0 aromatic heterocycles. The van der Waals surface area contributed by atoms with Crippen LogP contribution in [0.5, 0.6) is 0 Å². The topological polar surface area (TPSA) is 95.9 Å². The number of carbonyl (C=O) groups is 2. The number of rotatable bonds is 72. The third-order valence-corrected chi connectivity index (χ3v) is 18.1. The molecule has 0 spiro atoms. The lowest BCUT2D eigenvalue weighted by Crippen LogP contribution is -2.45. The summed E-state index contributed by atoms with van der Waals surface area (Å²) in [6, 6.07) is -0.537. The van der Waals surface area contributed by atoms with Crippen LogP contribution in [0.15, 0.2) is 12.2 Å². The summed E-state index contributed by atoms with van der Waals surface area (Å²) in [5.74, 6) is -0.00561. The summed E-state index contributed by atoms with van der Waals surface area (Å²) >= 11 is 0. The fraction of sp³-hybridized carbons (Fsp3) is 0.947. The molecule has 0 heterocycles. The van der Waals surface area contributed by atoms with E-state index in [-0.39, 0.29) is 18.5 Å². The highest BCUT2D eigenvalue weighted by Crippen LogP contribution is 2.20. The van der Waals surface area contributed by atoms with E-state index in [1.165, 1.54) is 366 Å². The summed E-state index contributed by atoms with van der Waals surface area (Å²) in [6.45, 7) is 5.00. The van der Waals surface area contributed by atoms with Crippen molar-refractivity contribution in [3.05, 3.63) is 12.2 Å². The van der Waals surface area contributed by atoms with Crippen molar-refractivity contribution in [3.63, 3.8) is 0 Å². The number of aliphatic hydroxyl groups is 2. The first-order valence-electron chi connectivity index (χ1n) is 37.9. The number of nitrogens with one attached hydrogen (secondary N) is 1. The van der Waals surface area contributed by atoms with Crippen LogP contribution in [0, 0.1) is 0 Å². The van der Waals surface area contributed by atoms with E-state index in [0.29, 0.717) is 25.9 Å². The number of unbranched alkanes of at least 4 members (excludes halogenated alkanes) is 59. The van der Waals surface area contributed by atoms with Gasteiger partial charge in [0.1, 0.15) is 0 Å². The number of allylic oxidation sites excluding steroid dienone is 2. The molecule has 0 aromatic rings. The summed E-state index contributed by atoms with van der Waals surface area (Å²) in [5.41, 5.74) is 0. The summed E-state index contributed by atoms with van der Waals surface area (Å²) in [4.78, 5) is 24.6. The van der Waals surface area contributed by atoms with Crippen molar-refractivity contribution in [2.45, 2.75) is 450 Å². The third-order valence-electron chi connectivity index (χ3n) is 18.1. The number of hydrogen-bond donors (Lipinski definition) is 3. The fourth-order valence-corrected chi connectivity index (χ4v) is 12.3. The van der Waals surface area contributed by atoms with Gasteiger partial charge in [0.25, 0.3) is 0 Å². The fourth-order valence-electron chi connectivity index (χ4n) is 12.3. The SMILES string of the molecule is CCCCCCCC/C=C\CCCCCCCCCCCC(=O)OCCCCCCCCCCCCCCCCCCCCCCCCCCCCCCCCCC(=O)NC(CO)C(O)CCCCCCCCCCCCCCCCC. The van der Waals surface area contributed by atoms with Crippen LogP contribution in [-0.4, -0.2) is 47.4 Å². The quantitative estimate of drug-likeness (QED) is 0.0320. The molecule has 2 atom stereocenters. The van der Waals surface area contributed by atoms with Gasteiger partial charge in [0, 0.05) is 12.8 Å². The Morgan fingerprint density at radius 2 is 0.573 bits per heavy atom. The van der Waals surface area contributed by atoms with Gasteiger partial charge in [0.05, 0.1) is 25.4 Å². The predicted octanol–water partition coefficient (Wildman–Crippen LogP) is 24.7. The van der Waals surface area contributed by atoms with Crippen LogP contribution in [-0.2, 0) is 14.3 Å². The molecule has 0 rings (SSSR count). The van der Waals surface area contributed by atoms with Gasteiger partial charge in [-0.2, -0.15) is 0 Å². The summed E-state index contributed by atoms with van der Waals surface area (Å²) < 4.78 is 5.52. The lowest BCUT2D eigenvalue weighted by atomic mass is 10.0. The number of carbonyl (C=O) groups excluding carboxylic acids is 2. The van der Waals surface area contributed by atoms with Gasteiger partial charge in [-0.15, -0.1) is 0 Å². The Bertz CT molecular complexity index is 1240. The molecule has 0 saturated carbocycles. The molecule has 488 valence electrons. The molecular formula is C76H149NO5. The smallest absolute Gasteiger partial charge is 0.305 e. The van der Waals surface area contributed by atoms with Gasteiger partial charge in [-0.1, -0.05) is 386 Å². The third kappa shape index (κ3) is 67.7. The van der Waals surface area contributed by atoms with E-state index in [1.54, 1.807) is 0 Å². The largest absolute Gasteiger partial charge is 0.466 e. The Labute approximate surface area is 514 Å². The number of ether oxygens (including phenoxy) is 1. The van der Waals surface area contributed by atoms with Crippen molar-refractivity contribution in [2.75, 3.05) is 13.2 Å². The highest BCUT2D eigenvalue weighted by molar-refractivity contribution is 5.76. The van der Waals surface area contributed by atoms with Gasteiger partial charge < -0.3 is 20.3 Å². The Morgan fingerprint density at radius 3 is 0.866 bits per heavy atom. The molecule has 0 bridgehead atoms. The maximum atomic E-state index is 12.5. The van der Waals surface area contributed by atoms with Crippen molar-refractivity contribution in [1.82, 2.24) is 5.32 Å². The van der Waals surface area contributed by atoms with Gasteiger partial charge in [-0.3, -0.25) is 9.59 Å². The first-order chi connectivity index (χ1) is 40.5. The van der Waals surface area contributed by atoms with Crippen LogP contribution in [0.25, 0.3) is 0 Å².